The van der Waals surface area contributed by atoms with E-state index in [1.807, 2.05) is 12.1 Å². The summed E-state index contributed by atoms with van der Waals surface area (Å²) in [7, 11) is 0. The van der Waals surface area contributed by atoms with Gasteiger partial charge in [-0.1, -0.05) is 12.1 Å². The lowest BCUT2D eigenvalue weighted by atomic mass is 10.1. The average molecular weight is 297 g/mol. The summed E-state index contributed by atoms with van der Waals surface area (Å²) in [5, 5.41) is 0. The van der Waals surface area contributed by atoms with Gasteiger partial charge in [-0.2, -0.15) is 0 Å². The molecule has 0 aliphatic heterocycles. The summed E-state index contributed by atoms with van der Waals surface area (Å²) in [6.07, 6.45) is -2.62. The third-order valence-electron chi connectivity index (χ3n) is 1.73. The lowest BCUT2D eigenvalue weighted by Crippen LogP contribution is -2.13. The first-order chi connectivity index (χ1) is 6.09. The second-order valence-electron chi connectivity index (χ2n) is 2.78. The Morgan fingerprint density at radius 3 is 2.23 bits per heavy atom. The van der Waals surface area contributed by atoms with Crippen LogP contribution < -0.4 is 5.73 Å². The van der Waals surface area contributed by atoms with Crippen LogP contribution in [-0.4, -0.2) is 6.43 Å². The highest BCUT2D eigenvalue weighted by molar-refractivity contribution is 14.1. The topological polar surface area (TPSA) is 26.0 Å². The third-order valence-corrected chi connectivity index (χ3v) is 2.45. The SMILES string of the molecule is N[C@H](CC(F)F)c1ccc(I)cc1. The Bertz CT molecular complexity index is 261. The molecule has 13 heavy (non-hydrogen) atoms. The Kier molecular flexibility index (Phi) is 4.05. The molecule has 0 unspecified atom stereocenters. The first kappa shape index (κ1) is 10.8. The van der Waals surface area contributed by atoms with E-state index in [-0.39, 0.29) is 6.42 Å². The second kappa shape index (κ2) is 4.85. The van der Waals surface area contributed by atoms with Gasteiger partial charge < -0.3 is 5.73 Å². The molecule has 4 heteroatoms. The number of halogens is 3. The normalized spacial score (nSPS) is 13.3. The van der Waals surface area contributed by atoms with E-state index in [0.29, 0.717) is 0 Å². The van der Waals surface area contributed by atoms with Gasteiger partial charge >= 0.3 is 0 Å². The van der Waals surface area contributed by atoms with Gasteiger partial charge in [-0.25, -0.2) is 8.78 Å². The van der Waals surface area contributed by atoms with Gasteiger partial charge in [-0.15, -0.1) is 0 Å². The van der Waals surface area contributed by atoms with E-state index in [0.717, 1.165) is 9.13 Å². The van der Waals surface area contributed by atoms with Crippen molar-refractivity contribution < 1.29 is 8.78 Å². The maximum atomic E-state index is 12.0. The Hall–Kier alpha value is -0.230. The molecule has 1 aromatic carbocycles. The fraction of sp³-hybridized carbons (Fsp3) is 0.333. The maximum Gasteiger partial charge on any atom is 0.240 e. The van der Waals surface area contributed by atoms with Crippen LogP contribution in [0.2, 0.25) is 0 Å². The van der Waals surface area contributed by atoms with Crippen molar-refractivity contribution in [3.8, 4) is 0 Å². The monoisotopic (exact) mass is 297 g/mol. The fourth-order valence-corrected chi connectivity index (χ4v) is 1.40. The highest BCUT2D eigenvalue weighted by Gasteiger charge is 2.12. The van der Waals surface area contributed by atoms with Gasteiger partial charge in [-0.3, -0.25) is 0 Å². The third kappa shape index (κ3) is 3.56. The molecule has 0 bridgehead atoms. The zero-order valence-corrected chi connectivity index (χ0v) is 9.04. The standard InChI is InChI=1S/C9H10F2IN/c10-9(11)5-8(13)6-1-3-7(12)4-2-6/h1-4,8-9H,5,13H2/t8-/m1/s1. The summed E-state index contributed by atoms with van der Waals surface area (Å²) in [5.41, 5.74) is 6.33. The van der Waals surface area contributed by atoms with Crippen molar-refractivity contribution >= 4 is 22.6 Å². The number of nitrogens with two attached hydrogens (primary N) is 1. The minimum Gasteiger partial charge on any atom is -0.324 e. The minimum atomic E-state index is -2.34. The highest BCUT2D eigenvalue weighted by Crippen LogP contribution is 2.18. The van der Waals surface area contributed by atoms with Gasteiger partial charge in [0.15, 0.2) is 0 Å². The van der Waals surface area contributed by atoms with E-state index < -0.39 is 12.5 Å². The molecule has 0 fully saturated rings. The van der Waals surface area contributed by atoms with Crippen molar-refractivity contribution in [1.29, 1.82) is 0 Å². The molecule has 1 atom stereocenters. The zero-order chi connectivity index (χ0) is 9.84. The van der Waals surface area contributed by atoms with Gasteiger partial charge in [0.25, 0.3) is 0 Å². The zero-order valence-electron chi connectivity index (χ0n) is 6.88. The molecule has 0 radical (unpaired) electrons. The summed E-state index contributed by atoms with van der Waals surface area (Å²) in [6, 6.07) is 6.74. The molecule has 0 spiro atoms. The van der Waals surface area contributed by atoms with Crippen molar-refractivity contribution in [1.82, 2.24) is 0 Å². The van der Waals surface area contributed by atoms with Crippen LogP contribution in [0, 0.1) is 3.57 Å². The lowest BCUT2D eigenvalue weighted by Gasteiger charge is -2.10. The number of rotatable bonds is 3. The summed E-state index contributed by atoms with van der Waals surface area (Å²) in [4.78, 5) is 0. The molecule has 0 aromatic heterocycles. The molecule has 0 aliphatic carbocycles. The predicted octanol–water partition coefficient (Wildman–Crippen LogP) is 2.95. The summed E-state index contributed by atoms with van der Waals surface area (Å²) in [6.45, 7) is 0. The van der Waals surface area contributed by atoms with E-state index in [1.54, 1.807) is 12.1 Å². The number of hydrogen-bond acceptors (Lipinski definition) is 1. The van der Waals surface area contributed by atoms with E-state index in [9.17, 15) is 8.78 Å². The Morgan fingerprint density at radius 2 is 1.77 bits per heavy atom. The van der Waals surface area contributed by atoms with E-state index in [4.69, 9.17) is 5.73 Å². The van der Waals surface area contributed by atoms with Crippen LogP contribution in [0.4, 0.5) is 8.78 Å². The van der Waals surface area contributed by atoms with Crippen molar-refractivity contribution in [3.63, 3.8) is 0 Å². The summed E-state index contributed by atoms with van der Waals surface area (Å²) >= 11 is 2.16. The van der Waals surface area contributed by atoms with Crippen LogP contribution in [0.3, 0.4) is 0 Å². The van der Waals surface area contributed by atoms with Crippen LogP contribution in [0.1, 0.15) is 18.0 Å². The molecular weight excluding hydrogens is 287 g/mol. The first-order valence-electron chi connectivity index (χ1n) is 3.89. The molecule has 1 rings (SSSR count). The van der Waals surface area contributed by atoms with Crippen LogP contribution >= 0.6 is 22.6 Å². The molecule has 0 amide bonds. The maximum absolute atomic E-state index is 12.0. The van der Waals surface area contributed by atoms with E-state index >= 15 is 0 Å². The molecule has 72 valence electrons. The molecule has 0 heterocycles. The van der Waals surface area contributed by atoms with Crippen LogP contribution in [-0.2, 0) is 0 Å². The van der Waals surface area contributed by atoms with Gasteiger partial charge in [0.05, 0.1) is 0 Å². The summed E-state index contributed by atoms with van der Waals surface area (Å²) in [5.74, 6) is 0. The molecule has 0 saturated heterocycles. The Balaban J connectivity index is 2.66. The molecule has 2 N–H and O–H groups in total. The fourth-order valence-electron chi connectivity index (χ4n) is 1.04. The lowest BCUT2D eigenvalue weighted by molar-refractivity contribution is 0.128. The van der Waals surface area contributed by atoms with Crippen LogP contribution in [0.15, 0.2) is 24.3 Å². The smallest absolute Gasteiger partial charge is 0.240 e. The van der Waals surface area contributed by atoms with Gasteiger partial charge in [0.2, 0.25) is 6.43 Å². The first-order valence-corrected chi connectivity index (χ1v) is 4.96. The van der Waals surface area contributed by atoms with Crippen molar-refractivity contribution in [2.24, 2.45) is 5.73 Å². The molecule has 0 saturated carbocycles. The van der Waals surface area contributed by atoms with Gasteiger partial charge in [0, 0.05) is 16.0 Å². The Morgan fingerprint density at radius 1 is 1.23 bits per heavy atom. The van der Waals surface area contributed by atoms with E-state index in [2.05, 4.69) is 22.6 Å². The number of alkyl halides is 2. The summed E-state index contributed by atoms with van der Waals surface area (Å²) < 4.78 is 25.0. The quantitative estimate of drug-likeness (QED) is 0.853. The molecule has 0 aliphatic rings. The minimum absolute atomic E-state index is 0.277. The van der Waals surface area contributed by atoms with Gasteiger partial charge in [-0.05, 0) is 40.3 Å². The Labute approximate surface area is 89.5 Å². The predicted molar refractivity (Wildman–Crippen MR) is 56.7 cm³/mol. The number of hydrogen-bond donors (Lipinski definition) is 1. The largest absolute Gasteiger partial charge is 0.324 e. The van der Waals surface area contributed by atoms with Crippen LogP contribution in [0.5, 0.6) is 0 Å². The van der Waals surface area contributed by atoms with Crippen molar-refractivity contribution in [2.75, 3.05) is 0 Å². The van der Waals surface area contributed by atoms with E-state index in [1.165, 1.54) is 0 Å². The average Bonchev–Trinajstić information content (AvgIpc) is 2.04. The molecule has 1 aromatic rings. The molecule has 1 nitrogen and oxygen atoms in total. The van der Waals surface area contributed by atoms with Crippen LogP contribution in [0.25, 0.3) is 0 Å². The van der Waals surface area contributed by atoms with Crippen molar-refractivity contribution in [3.05, 3.63) is 33.4 Å². The van der Waals surface area contributed by atoms with Gasteiger partial charge in [0.1, 0.15) is 0 Å². The second-order valence-corrected chi connectivity index (χ2v) is 4.03. The number of benzene rings is 1. The molecular formula is C9H10F2IN. The van der Waals surface area contributed by atoms with Crippen molar-refractivity contribution in [2.45, 2.75) is 18.9 Å². The highest BCUT2D eigenvalue weighted by atomic mass is 127.